The van der Waals surface area contributed by atoms with Gasteiger partial charge in [0.1, 0.15) is 12.0 Å². The van der Waals surface area contributed by atoms with Gasteiger partial charge in [-0.15, -0.1) is 0 Å². The fourth-order valence-corrected chi connectivity index (χ4v) is 5.29. The van der Waals surface area contributed by atoms with Gasteiger partial charge < -0.3 is 14.5 Å². The van der Waals surface area contributed by atoms with Crippen LogP contribution in [0.4, 0.5) is 14.6 Å². The smallest absolute Gasteiger partial charge is 0.257 e. The summed E-state index contributed by atoms with van der Waals surface area (Å²) in [5.74, 6) is -0.950. The van der Waals surface area contributed by atoms with Gasteiger partial charge in [-0.05, 0) is 25.0 Å². The van der Waals surface area contributed by atoms with E-state index in [0.29, 0.717) is 38.8 Å². The van der Waals surface area contributed by atoms with Gasteiger partial charge in [0.2, 0.25) is 0 Å². The van der Waals surface area contributed by atoms with Crippen LogP contribution in [0.5, 0.6) is 0 Å². The highest BCUT2D eigenvalue weighted by atomic mass is 19.2. The van der Waals surface area contributed by atoms with Crippen molar-refractivity contribution in [3.05, 3.63) is 59.9 Å². The molecule has 3 aliphatic rings. The van der Waals surface area contributed by atoms with Crippen LogP contribution < -0.4 is 4.90 Å². The summed E-state index contributed by atoms with van der Waals surface area (Å²) in [6.45, 7) is 1.26. The van der Waals surface area contributed by atoms with Crippen molar-refractivity contribution in [3.63, 3.8) is 0 Å². The molecule has 3 saturated heterocycles. The second-order valence-electron chi connectivity index (χ2n) is 8.41. The van der Waals surface area contributed by atoms with E-state index >= 15 is 0 Å². The molecule has 1 amide bonds. The molecule has 0 saturated carbocycles. The maximum Gasteiger partial charge on any atom is 0.257 e. The van der Waals surface area contributed by atoms with Gasteiger partial charge in [0.05, 0.1) is 12.2 Å². The minimum Gasteiger partial charge on any atom is -0.356 e. The van der Waals surface area contributed by atoms with Crippen LogP contribution in [-0.2, 0) is 9.53 Å². The molecule has 0 radical (unpaired) electrons. The summed E-state index contributed by atoms with van der Waals surface area (Å²) in [6, 6.07) is 7.41. The maximum absolute atomic E-state index is 14.4. The highest BCUT2D eigenvalue weighted by Gasteiger charge is 2.58. The summed E-state index contributed by atoms with van der Waals surface area (Å²) < 4.78 is 36.3. The van der Waals surface area contributed by atoms with E-state index in [9.17, 15) is 13.6 Å². The van der Waals surface area contributed by atoms with Crippen molar-refractivity contribution < 1.29 is 18.3 Å². The van der Waals surface area contributed by atoms with E-state index in [1.807, 2.05) is 12.1 Å². The zero-order valence-corrected chi connectivity index (χ0v) is 16.7. The zero-order chi connectivity index (χ0) is 21.2. The molecular weight excluding hydrogens is 404 g/mol. The zero-order valence-electron chi connectivity index (χ0n) is 16.7. The Morgan fingerprint density at radius 2 is 1.90 bits per heavy atom. The molecule has 0 aliphatic carbocycles. The molecule has 160 valence electrons. The number of halogens is 2. The number of fused-ring (bicyclic) bond motifs is 2. The topological polar surface area (TPSA) is 63.0 Å². The van der Waals surface area contributed by atoms with Gasteiger partial charge in [-0.2, -0.15) is 9.61 Å². The number of hydrogen-bond donors (Lipinski definition) is 0. The van der Waals surface area contributed by atoms with E-state index in [4.69, 9.17) is 4.74 Å². The van der Waals surface area contributed by atoms with Crippen molar-refractivity contribution in [2.24, 2.45) is 0 Å². The molecule has 0 N–H and O–H groups in total. The fraction of sp³-hybridized carbons (Fsp3) is 0.409. The molecule has 5 heterocycles. The molecule has 3 aliphatic heterocycles. The lowest BCUT2D eigenvalue weighted by Gasteiger charge is -2.38. The normalized spacial score (nSPS) is 25.0. The monoisotopic (exact) mass is 425 g/mol. The molecule has 9 heteroatoms. The van der Waals surface area contributed by atoms with Crippen molar-refractivity contribution in [2.45, 2.75) is 43.6 Å². The van der Waals surface area contributed by atoms with Crippen LogP contribution in [0, 0.1) is 11.6 Å². The Morgan fingerprint density at radius 1 is 1.06 bits per heavy atom. The van der Waals surface area contributed by atoms with Crippen molar-refractivity contribution >= 4 is 17.4 Å². The molecule has 2 aromatic heterocycles. The van der Waals surface area contributed by atoms with E-state index in [1.165, 1.54) is 6.07 Å². The maximum atomic E-state index is 14.4. The summed E-state index contributed by atoms with van der Waals surface area (Å²) in [4.78, 5) is 21.6. The van der Waals surface area contributed by atoms with E-state index in [1.54, 1.807) is 27.9 Å². The summed E-state index contributed by atoms with van der Waals surface area (Å²) >= 11 is 0. The van der Waals surface area contributed by atoms with Crippen molar-refractivity contribution in [3.8, 4) is 0 Å². The molecule has 2 unspecified atom stereocenters. The van der Waals surface area contributed by atoms with Gasteiger partial charge in [-0.1, -0.05) is 12.1 Å². The number of rotatable bonds is 2. The molecule has 0 bridgehead atoms. The Kier molecular flexibility index (Phi) is 4.05. The number of anilines is 1. The van der Waals surface area contributed by atoms with Gasteiger partial charge in [0.25, 0.3) is 5.91 Å². The number of benzene rings is 1. The van der Waals surface area contributed by atoms with Gasteiger partial charge in [0, 0.05) is 43.8 Å². The van der Waals surface area contributed by atoms with E-state index in [0.717, 1.165) is 17.5 Å². The Labute approximate surface area is 177 Å². The second-order valence-corrected chi connectivity index (χ2v) is 8.41. The van der Waals surface area contributed by atoms with Crippen LogP contribution >= 0.6 is 0 Å². The first-order chi connectivity index (χ1) is 15.1. The quantitative estimate of drug-likeness (QED) is 0.632. The largest absolute Gasteiger partial charge is 0.356 e. The molecular formula is C22H21F2N5O2. The Balaban J connectivity index is 1.24. The molecule has 31 heavy (non-hydrogen) atoms. The van der Waals surface area contributed by atoms with Crippen molar-refractivity contribution in [2.75, 3.05) is 18.0 Å². The Morgan fingerprint density at radius 3 is 2.74 bits per heavy atom. The SMILES string of the molecule is O=C1N2C(CCC2c2cccc(F)c2F)OC12CCN(c1ccnc3ccnn13)CC2. The first-order valence-corrected chi connectivity index (χ1v) is 10.6. The second kappa shape index (κ2) is 6.71. The minimum absolute atomic E-state index is 0.109. The number of carbonyl (C=O) groups is 1. The van der Waals surface area contributed by atoms with Crippen LogP contribution in [0.1, 0.15) is 37.3 Å². The third-order valence-electron chi connectivity index (χ3n) is 6.82. The third kappa shape index (κ3) is 2.69. The summed E-state index contributed by atoms with van der Waals surface area (Å²) in [7, 11) is 0. The highest BCUT2D eigenvalue weighted by Crippen LogP contribution is 2.48. The number of aromatic nitrogens is 3. The van der Waals surface area contributed by atoms with Crippen LogP contribution in [-0.4, -0.2) is 50.3 Å². The Hall–Kier alpha value is -3.07. The van der Waals surface area contributed by atoms with Crippen molar-refractivity contribution in [1.82, 2.24) is 19.5 Å². The first kappa shape index (κ1) is 18.7. The predicted octanol–water partition coefficient (Wildman–Crippen LogP) is 3.07. The molecule has 3 fully saturated rings. The van der Waals surface area contributed by atoms with Crippen LogP contribution in [0.3, 0.4) is 0 Å². The van der Waals surface area contributed by atoms with Gasteiger partial charge in [-0.3, -0.25) is 4.79 Å². The predicted molar refractivity (Wildman–Crippen MR) is 107 cm³/mol. The van der Waals surface area contributed by atoms with Crippen LogP contribution in [0.25, 0.3) is 5.65 Å². The lowest BCUT2D eigenvalue weighted by atomic mass is 9.89. The van der Waals surface area contributed by atoms with E-state index in [2.05, 4.69) is 15.0 Å². The number of ether oxygens (including phenoxy) is 1. The molecule has 6 rings (SSSR count). The standard InChI is InChI=1S/C22H21F2N5O2/c23-15-3-1-2-14(20(15)24)16-4-5-19-28(16)21(30)22(31-19)8-12-27(13-9-22)18-7-10-25-17-6-11-26-29(17)18/h1-3,6-7,10-11,16,19H,4-5,8-9,12-13H2. The summed E-state index contributed by atoms with van der Waals surface area (Å²) in [5, 5.41) is 4.34. The fourth-order valence-electron chi connectivity index (χ4n) is 5.29. The molecule has 7 nitrogen and oxygen atoms in total. The first-order valence-electron chi connectivity index (χ1n) is 10.6. The van der Waals surface area contributed by atoms with E-state index < -0.39 is 23.3 Å². The third-order valence-corrected chi connectivity index (χ3v) is 6.82. The minimum atomic E-state index is -0.903. The average molecular weight is 425 g/mol. The van der Waals surface area contributed by atoms with Crippen molar-refractivity contribution in [1.29, 1.82) is 0 Å². The van der Waals surface area contributed by atoms with Gasteiger partial charge in [-0.25, -0.2) is 13.8 Å². The molecule has 3 aromatic rings. The number of hydrogen-bond acceptors (Lipinski definition) is 5. The molecule has 2 atom stereocenters. The van der Waals surface area contributed by atoms with E-state index in [-0.39, 0.29) is 17.7 Å². The lowest BCUT2D eigenvalue weighted by molar-refractivity contribution is -0.140. The number of carbonyl (C=O) groups excluding carboxylic acids is 1. The van der Waals surface area contributed by atoms with Gasteiger partial charge in [0.15, 0.2) is 22.9 Å². The number of nitrogens with zero attached hydrogens (tertiary/aromatic N) is 5. The Bertz CT molecular complexity index is 1170. The molecule has 1 aromatic carbocycles. The number of piperidine rings is 1. The van der Waals surface area contributed by atoms with Gasteiger partial charge >= 0.3 is 0 Å². The summed E-state index contributed by atoms with van der Waals surface area (Å²) in [5.41, 5.74) is 0.0956. The number of amides is 1. The van der Waals surface area contributed by atoms with Crippen LogP contribution in [0.2, 0.25) is 0 Å². The lowest BCUT2D eigenvalue weighted by Crippen LogP contribution is -2.50. The summed E-state index contributed by atoms with van der Waals surface area (Å²) in [6.07, 6.45) is 5.32. The average Bonchev–Trinajstić information content (AvgIpc) is 3.48. The molecule has 1 spiro atoms. The highest BCUT2D eigenvalue weighted by molar-refractivity contribution is 5.88. The van der Waals surface area contributed by atoms with Crippen LogP contribution in [0.15, 0.2) is 42.7 Å².